The maximum absolute atomic E-state index is 12.9. The number of likely N-dealkylation sites (tertiary alicyclic amines) is 1. The van der Waals surface area contributed by atoms with E-state index in [1.165, 1.54) is 0 Å². The van der Waals surface area contributed by atoms with Crippen molar-refractivity contribution in [3.8, 4) is 5.88 Å². The molecule has 0 unspecified atom stereocenters. The maximum atomic E-state index is 12.9. The topological polar surface area (TPSA) is 68.5 Å². The molecule has 8 heteroatoms. The molecular weight excluding hydrogens is 323 g/mol. The van der Waals surface area contributed by atoms with Gasteiger partial charge in [-0.25, -0.2) is 4.98 Å². The van der Waals surface area contributed by atoms with Crippen molar-refractivity contribution >= 4 is 5.91 Å². The molecule has 1 aromatic rings. The number of alkyl halides is 3. The van der Waals surface area contributed by atoms with Gasteiger partial charge in [0.25, 0.3) is 0 Å². The van der Waals surface area contributed by atoms with Gasteiger partial charge in [-0.15, -0.1) is 0 Å². The summed E-state index contributed by atoms with van der Waals surface area (Å²) in [6, 6.07) is 1.80. The molecule has 2 rings (SSSR count). The van der Waals surface area contributed by atoms with Gasteiger partial charge in [0.1, 0.15) is 11.8 Å². The minimum Gasteiger partial charge on any atom is -0.474 e. The third-order valence-corrected chi connectivity index (χ3v) is 4.05. The number of amides is 1. The Kier molecular flexibility index (Phi) is 5.08. The number of ether oxygens (including phenoxy) is 1. The number of primary amides is 1. The van der Waals surface area contributed by atoms with Gasteiger partial charge in [-0.3, -0.25) is 9.69 Å². The Morgan fingerprint density at radius 1 is 1.25 bits per heavy atom. The van der Waals surface area contributed by atoms with Crippen LogP contribution in [-0.2, 0) is 6.18 Å². The van der Waals surface area contributed by atoms with E-state index in [-0.39, 0.29) is 23.1 Å². The Balaban J connectivity index is 2.13. The third kappa shape index (κ3) is 4.59. The lowest BCUT2D eigenvalue weighted by Crippen LogP contribution is -2.48. The quantitative estimate of drug-likeness (QED) is 0.915. The first-order valence-electron chi connectivity index (χ1n) is 7.77. The van der Waals surface area contributed by atoms with Crippen LogP contribution in [0.4, 0.5) is 13.2 Å². The lowest BCUT2D eigenvalue weighted by molar-refractivity contribution is -0.141. The fraction of sp³-hybridized carbons (Fsp3) is 0.625. The number of carbonyl (C=O) groups excluding carboxylic acids is 1. The largest absolute Gasteiger partial charge is 0.474 e. The average Bonchev–Trinajstić information content (AvgIpc) is 2.45. The molecule has 1 fully saturated rings. The van der Waals surface area contributed by atoms with Gasteiger partial charge >= 0.3 is 6.18 Å². The first kappa shape index (κ1) is 18.5. The number of hydrogen-bond acceptors (Lipinski definition) is 4. The van der Waals surface area contributed by atoms with Crippen LogP contribution < -0.4 is 10.5 Å². The second-order valence-corrected chi connectivity index (χ2v) is 6.92. The zero-order chi connectivity index (χ0) is 18.1. The first-order chi connectivity index (χ1) is 11.0. The van der Waals surface area contributed by atoms with E-state index >= 15 is 0 Å². The SMILES string of the molecule is CC(C)(C)N1CCC(Oc2cc(C(N)=O)cc(C(F)(F)F)n2)CC1. The summed E-state index contributed by atoms with van der Waals surface area (Å²) in [5.74, 6) is -1.16. The Labute approximate surface area is 139 Å². The summed E-state index contributed by atoms with van der Waals surface area (Å²) in [7, 11) is 0. The number of nitrogens with two attached hydrogens (primary N) is 1. The molecule has 1 aliphatic heterocycles. The highest BCUT2D eigenvalue weighted by atomic mass is 19.4. The second-order valence-electron chi connectivity index (χ2n) is 6.92. The van der Waals surface area contributed by atoms with Gasteiger partial charge in [0, 0.05) is 30.3 Å². The highest BCUT2D eigenvalue weighted by molar-refractivity contribution is 5.93. The van der Waals surface area contributed by atoms with Crippen LogP contribution in [0.25, 0.3) is 0 Å². The Bertz CT molecular complexity index is 604. The van der Waals surface area contributed by atoms with Gasteiger partial charge in [0.05, 0.1) is 0 Å². The molecule has 0 spiro atoms. The van der Waals surface area contributed by atoms with E-state index in [0.29, 0.717) is 18.9 Å². The van der Waals surface area contributed by atoms with Crippen LogP contribution in [-0.4, -0.2) is 40.5 Å². The molecule has 2 N–H and O–H groups in total. The highest BCUT2D eigenvalue weighted by Gasteiger charge is 2.34. The zero-order valence-corrected chi connectivity index (χ0v) is 14.0. The zero-order valence-electron chi connectivity index (χ0n) is 14.0. The molecule has 1 aliphatic rings. The molecule has 0 aromatic carbocycles. The molecule has 134 valence electrons. The van der Waals surface area contributed by atoms with E-state index in [9.17, 15) is 18.0 Å². The average molecular weight is 345 g/mol. The fourth-order valence-corrected chi connectivity index (χ4v) is 2.67. The first-order valence-corrected chi connectivity index (χ1v) is 7.77. The minimum absolute atomic E-state index is 0.0402. The molecular formula is C16H22F3N3O2. The van der Waals surface area contributed by atoms with Crippen LogP contribution in [0.1, 0.15) is 49.7 Å². The van der Waals surface area contributed by atoms with Gasteiger partial charge in [-0.2, -0.15) is 13.2 Å². The van der Waals surface area contributed by atoms with E-state index in [1.54, 1.807) is 0 Å². The summed E-state index contributed by atoms with van der Waals surface area (Å²) in [4.78, 5) is 17.0. The van der Waals surface area contributed by atoms with Crippen LogP contribution in [0, 0.1) is 0 Å². The summed E-state index contributed by atoms with van der Waals surface area (Å²) in [6.45, 7) is 7.91. The normalized spacial score (nSPS) is 17.8. The van der Waals surface area contributed by atoms with Crippen LogP contribution in [0.2, 0.25) is 0 Å². The fourth-order valence-electron chi connectivity index (χ4n) is 2.67. The minimum atomic E-state index is -4.67. The molecule has 0 radical (unpaired) electrons. The predicted octanol–water partition coefficient (Wildman–Crippen LogP) is 2.84. The molecule has 2 heterocycles. The smallest absolute Gasteiger partial charge is 0.433 e. The second kappa shape index (κ2) is 6.58. The van der Waals surface area contributed by atoms with Crippen LogP contribution in [0.5, 0.6) is 5.88 Å². The van der Waals surface area contributed by atoms with Crippen LogP contribution in [0.3, 0.4) is 0 Å². The lowest BCUT2D eigenvalue weighted by Gasteiger charge is -2.40. The van der Waals surface area contributed by atoms with Gasteiger partial charge in [-0.1, -0.05) is 0 Å². The van der Waals surface area contributed by atoms with Crippen molar-refractivity contribution in [2.45, 2.75) is 51.4 Å². The van der Waals surface area contributed by atoms with Gasteiger partial charge in [0.15, 0.2) is 0 Å². The number of nitrogens with zero attached hydrogens (tertiary/aromatic N) is 2. The number of carbonyl (C=O) groups is 1. The molecule has 1 aromatic heterocycles. The van der Waals surface area contributed by atoms with Crippen molar-refractivity contribution in [3.05, 3.63) is 23.4 Å². The van der Waals surface area contributed by atoms with E-state index in [2.05, 4.69) is 30.7 Å². The molecule has 1 saturated heterocycles. The van der Waals surface area contributed by atoms with E-state index < -0.39 is 17.8 Å². The number of piperidine rings is 1. The van der Waals surface area contributed by atoms with E-state index in [0.717, 1.165) is 19.2 Å². The number of rotatable bonds is 3. The predicted molar refractivity (Wildman–Crippen MR) is 82.7 cm³/mol. The Hall–Kier alpha value is -1.83. The molecule has 0 aliphatic carbocycles. The number of halogens is 3. The summed E-state index contributed by atoms with van der Waals surface area (Å²) >= 11 is 0. The lowest BCUT2D eigenvalue weighted by atomic mass is 9.99. The molecule has 5 nitrogen and oxygen atoms in total. The molecule has 1 amide bonds. The Morgan fingerprint density at radius 3 is 2.29 bits per heavy atom. The number of pyridine rings is 1. The van der Waals surface area contributed by atoms with Crippen molar-refractivity contribution in [3.63, 3.8) is 0 Å². The Morgan fingerprint density at radius 2 is 1.83 bits per heavy atom. The van der Waals surface area contributed by atoms with E-state index in [4.69, 9.17) is 10.5 Å². The molecule has 0 atom stereocenters. The van der Waals surface area contributed by atoms with Crippen molar-refractivity contribution in [1.29, 1.82) is 0 Å². The van der Waals surface area contributed by atoms with Gasteiger partial charge < -0.3 is 10.5 Å². The van der Waals surface area contributed by atoms with Gasteiger partial charge in [-0.05, 0) is 39.7 Å². The van der Waals surface area contributed by atoms with E-state index in [1.807, 2.05) is 0 Å². The van der Waals surface area contributed by atoms with Gasteiger partial charge in [0.2, 0.25) is 11.8 Å². The molecule has 0 saturated carbocycles. The summed E-state index contributed by atoms with van der Waals surface area (Å²) in [5.41, 5.74) is 3.69. The van der Waals surface area contributed by atoms with Crippen LogP contribution >= 0.6 is 0 Å². The summed E-state index contributed by atoms with van der Waals surface area (Å²) in [5, 5.41) is 0. The monoisotopic (exact) mass is 345 g/mol. The van der Waals surface area contributed by atoms with Crippen molar-refractivity contribution in [1.82, 2.24) is 9.88 Å². The van der Waals surface area contributed by atoms with Crippen molar-refractivity contribution in [2.75, 3.05) is 13.1 Å². The highest BCUT2D eigenvalue weighted by Crippen LogP contribution is 2.31. The number of hydrogen-bond donors (Lipinski definition) is 1. The molecule has 0 bridgehead atoms. The molecule has 24 heavy (non-hydrogen) atoms. The summed E-state index contributed by atoms with van der Waals surface area (Å²) in [6.07, 6.45) is -3.54. The maximum Gasteiger partial charge on any atom is 0.433 e. The summed E-state index contributed by atoms with van der Waals surface area (Å²) < 4.78 is 44.3. The number of aromatic nitrogens is 1. The van der Waals surface area contributed by atoms with Crippen molar-refractivity contribution in [2.24, 2.45) is 5.73 Å². The standard InChI is InChI=1S/C16H22F3N3O2/c1-15(2,3)22-6-4-11(5-7-22)24-13-9-10(14(20)23)8-12(21-13)16(17,18)19/h8-9,11H,4-7H2,1-3H3,(H2,20,23). The third-order valence-electron chi connectivity index (χ3n) is 4.05. The van der Waals surface area contributed by atoms with Crippen molar-refractivity contribution < 1.29 is 22.7 Å². The van der Waals surface area contributed by atoms with Crippen LogP contribution in [0.15, 0.2) is 12.1 Å².